The first kappa shape index (κ1) is 11.8. The highest BCUT2D eigenvalue weighted by Gasteiger charge is 2.08. The zero-order valence-corrected chi connectivity index (χ0v) is 11.2. The number of fused-ring (bicyclic) bond motifs is 3. The zero-order chi connectivity index (χ0) is 13.4. The van der Waals surface area contributed by atoms with E-state index in [0.717, 1.165) is 34.1 Å². The number of benzene rings is 2. The van der Waals surface area contributed by atoms with Crippen molar-refractivity contribution in [1.29, 1.82) is 0 Å². The van der Waals surface area contributed by atoms with Crippen LogP contribution in [0, 0.1) is 6.92 Å². The third-order valence-corrected chi connectivity index (χ3v) is 3.51. The lowest BCUT2D eigenvalue weighted by molar-refractivity contribution is 0.668. The molecule has 96 valence electrons. The fourth-order valence-electron chi connectivity index (χ4n) is 2.35. The molecule has 1 aromatic heterocycles. The lowest BCUT2D eigenvalue weighted by Crippen LogP contribution is -1.94. The van der Waals surface area contributed by atoms with Gasteiger partial charge in [-0.1, -0.05) is 25.1 Å². The lowest BCUT2D eigenvalue weighted by atomic mass is 10.0. The summed E-state index contributed by atoms with van der Waals surface area (Å²) >= 11 is 0. The van der Waals surface area contributed by atoms with Gasteiger partial charge in [-0.2, -0.15) is 0 Å². The molecular weight excluding hydrogens is 234 g/mol. The molecule has 0 aliphatic rings. The average Bonchev–Trinajstić information content (AvgIpc) is 2.76. The zero-order valence-electron chi connectivity index (χ0n) is 11.2. The maximum atomic E-state index is 5.94. The Labute approximate surface area is 112 Å². The Morgan fingerprint density at radius 3 is 2.74 bits per heavy atom. The van der Waals surface area contributed by atoms with Gasteiger partial charge in [-0.15, -0.1) is 0 Å². The summed E-state index contributed by atoms with van der Waals surface area (Å²) in [7, 11) is 0. The molecule has 0 unspecified atom stereocenters. The second-order valence-corrected chi connectivity index (χ2v) is 4.88. The van der Waals surface area contributed by atoms with Crippen molar-refractivity contribution in [3.05, 3.63) is 53.2 Å². The Bertz CT molecular complexity index is 780. The summed E-state index contributed by atoms with van der Waals surface area (Å²) in [5.41, 5.74) is 11.1. The van der Waals surface area contributed by atoms with Crippen LogP contribution >= 0.6 is 0 Å². The second-order valence-electron chi connectivity index (χ2n) is 4.88. The summed E-state index contributed by atoms with van der Waals surface area (Å²) in [6.07, 6.45) is 2.92. The molecule has 0 aliphatic heterocycles. The van der Waals surface area contributed by atoms with Gasteiger partial charge in [0.2, 0.25) is 0 Å². The minimum Gasteiger partial charge on any atom is -0.456 e. The largest absolute Gasteiger partial charge is 0.456 e. The Morgan fingerprint density at radius 2 is 1.95 bits per heavy atom. The number of allylic oxidation sites excluding steroid dienone is 1. The third kappa shape index (κ3) is 1.99. The van der Waals surface area contributed by atoms with E-state index < -0.39 is 0 Å². The van der Waals surface area contributed by atoms with Crippen LogP contribution in [0.5, 0.6) is 0 Å². The van der Waals surface area contributed by atoms with Crippen LogP contribution in [-0.4, -0.2) is 0 Å². The number of hydrogen-bond acceptors (Lipinski definition) is 2. The molecule has 0 saturated heterocycles. The van der Waals surface area contributed by atoms with E-state index in [4.69, 9.17) is 10.2 Å². The molecule has 2 N–H and O–H groups in total. The van der Waals surface area contributed by atoms with E-state index >= 15 is 0 Å². The molecule has 3 rings (SSSR count). The van der Waals surface area contributed by atoms with Crippen molar-refractivity contribution >= 4 is 28.0 Å². The molecule has 0 saturated carbocycles. The summed E-state index contributed by atoms with van der Waals surface area (Å²) < 4.78 is 5.87. The highest BCUT2D eigenvalue weighted by Crippen LogP contribution is 2.31. The van der Waals surface area contributed by atoms with Crippen molar-refractivity contribution in [1.82, 2.24) is 0 Å². The van der Waals surface area contributed by atoms with E-state index in [2.05, 4.69) is 38.1 Å². The van der Waals surface area contributed by atoms with E-state index in [9.17, 15) is 0 Å². The van der Waals surface area contributed by atoms with E-state index in [0.29, 0.717) is 0 Å². The third-order valence-electron chi connectivity index (χ3n) is 3.51. The Hall–Kier alpha value is -2.22. The smallest absolute Gasteiger partial charge is 0.135 e. The van der Waals surface area contributed by atoms with Crippen molar-refractivity contribution in [2.45, 2.75) is 20.3 Å². The molecule has 0 bridgehead atoms. The van der Waals surface area contributed by atoms with Gasteiger partial charge in [-0.05, 0) is 48.7 Å². The molecule has 2 aromatic carbocycles. The van der Waals surface area contributed by atoms with Gasteiger partial charge in [0.15, 0.2) is 0 Å². The second kappa shape index (κ2) is 4.47. The van der Waals surface area contributed by atoms with Crippen molar-refractivity contribution in [3.63, 3.8) is 0 Å². The average molecular weight is 251 g/mol. The van der Waals surface area contributed by atoms with Crippen LogP contribution in [0.4, 0.5) is 0 Å². The molecule has 1 heterocycles. The minimum atomic E-state index is 0.865. The number of nitrogens with two attached hydrogens (primary N) is 1. The molecule has 3 aromatic rings. The fraction of sp³-hybridized carbons (Fsp3) is 0.176. The number of furan rings is 1. The van der Waals surface area contributed by atoms with Crippen LogP contribution in [0.15, 0.2) is 46.5 Å². The van der Waals surface area contributed by atoms with Crippen LogP contribution in [0.3, 0.4) is 0 Å². The van der Waals surface area contributed by atoms with Gasteiger partial charge in [0.1, 0.15) is 11.2 Å². The van der Waals surface area contributed by atoms with Crippen molar-refractivity contribution < 1.29 is 4.42 Å². The molecule has 0 spiro atoms. The highest BCUT2D eigenvalue weighted by atomic mass is 16.3. The Balaban J connectivity index is 2.31. The van der Waals surface area contributed by atoms with Gasteiger partial charge in [0.05, 0.1) is 0 Å². The molecule has 0 fully saturated rings. The summed E-state index contributed by atoms with van der Waals surface area (Å²) in [6.45, 7) is 4.15. The predicted octanol–water partition coefficient (Wildman–Crippen LogP) is 4.60. The number of hydrogen-bond donors (Lipinski definition) is 1. The SMILES string of the molecule is CC/C(N)=C/c1cc2c(cc1C)oc1ccccc12. The topological polar surface area (TPSA) is 39.2 Å². The van der Waals surface area contributed by atoms with E-state index in [-0.39, 0.29) is 0 Å². The minimum absolute atomic E-state index is 0.865. The lowest BCUT2D eigenvalue weighted by Gasteiger charge is -2.02. The normalized spacial score (nSPS) is 12.4. The van der Waals surface area contributed by atoms with Gasteiger partial charge in [0, 0.05) is 16.5 Å². The summed E-state index contributed by atoms with van der Waals surface area (Å²) in [5, 5.41) is 2.30. The maximum absolute atomic E-state index is 5.94. The Kier molecular flexibility index (Phi) is 2.79. The molecule has 19 heavy (non-hydrogen) atoms. The van der Waals surface area contributed by atoms with Crippen LogP contribution in [0.1, 0.15) is 24.5 Å². The molecule has 0 amide bonds. The first-order valence-corrected chi connectivity index (χ1v) is 6.57. The first-order valence-electron chi connectivity index (χ1n) is 6.57. The molecule has 0 aliphatic carbocycles. The summed E-state index contributed by atoms with van der Waals surface area (Å²) in [6, 6.07) is 12.4. The molecule has 2 nitrogen and oxygen atoms in total. The number of para-hydroxylation sites is 1. The van der Waals surface area contributed by atoms with Crippen LogP contribution in [-0.2, 0) is 0 Å². The van der Waals surface area contributed by atoms with E-state index in [1.54, 1.807) is 0 Å². The van der Waals surface area contributed by atoms with Crippen LogP contribution in [0.2, 0.25) is 0 Å². The van der Waals surface area contributed by atoms with Gasteiger partial charge in [0.25, 0.3) is 0 Å². The quantitative estimate of drug-likeness (QED) is 0.722. The van der Waals surface area contributed by atoms with Crippen molar-refractivity contribution in [3.8, 4) is 0 Å². The molecule has 2 heteroatoms. The number of aryl methyl sites for hydroxylation is 1. The highest BCUT2D eigenvalue weighted by molar-refractivity contribution is 6.05. The standard InChI is InChI=1S/C17H17NO/c1-3-13(18)9-12-10-15-14-6-4-5-7-16(14)19-17(15)8-11(12)2/h4-10H,3,18H2,1-2H3/b13-9-. The van der Waals surface area contributed by atoms with E-state index in [1.165, 1.54) is 11.1 Å². The van der Waals surface area contributed by atoms with Gasteiger partial charge < -0.3 is 10.2 Å². The fourth-order valence-corrected chi connectivity index (χ4v) is 2.35. The monoisotopic (exact) mass is 251 g/mol. The number of rotatable bonds is 2. The van der Waals surface area contributed by atoms with E-state index in [1.807, 2.05) is 18.2 Å². The van der Waals surface area contributed by atoms with Crippen LogP contribution in [0.25, 0.3) is 28.0 Å². The molecule has 0 atom stereocenters. The predicted molar refractivity (Wildman–Crippen MR) is 80.9 cm³/mol. The van der Waals surface area contributed by atoms with Gasteiger partial charge in [-0.3, -0.25) is 0 Å². The van der Waals surface area contributed by atoms with Crippen LogP contribution < -0.4 is 5.73 Å². The van der Waals surface area contributed by atoms with Crippen molar-refractivity contribution in [2.24, 2.45) is 5.73 Å². The van der Waals surface area contributed by atoms with Gasteiger partial charge >= 0.3 is 0 Å². The summed E-state index contributed by atoms with van der Waals surface area (Å²) in [5.74, 6) is 0. The molecule has 0 radical (unpaired) electrons. The van der Waals surface area contributed by atoms with Crippen molar-refractivity contribution in [2.75, 3.05) is 0 Å². The first-order chi connectivity index (χ1) is 9.19. The maximum Gasteiger partial charge on any atom is 0.135 e. The summed E-state index contributed by atoms with van der Waals surface area (Å²) in [4.78, 5) is 0. The molecular formula is C17H17NO. The van der Waals surface area contributed by atoms with Gasteiger partial charge in [-0.25, -0.2) is 0 Å². The Morgan fingerprint density at radius 1 is 1.16 bits per heavy atom.